The van der Waals surface area contributed by atoms with E-state index >= 15 is 0 Å². The fourth-order valence-electron chi connectivity index (χ4n) is 4.86. The molecule has 3 aliphatic heterocycles. The Labute approximate surface area is 202 Å². The van der Waals surface area contributed by atoms with Crippen LogP contribution >= 0.6 is 23.7 Å². The van der Waals surface area contributed by atoms with Crippen molar-refractivity contribution in [3.05, 3.63) is 70.9 Å². The lowest BCUT2D eigenvalue weighted by atomic mass is 9.84. The zero-order valence-electron chi connectivity index (χ0n) is 18.1. The summed E-state index contributed by atoms with van der Waals surface area (Å²) in [5.41, 5.74) is 2.03. The summed E-state index contributed by atoms with van der Waals surface area (Å²) in [7, 11) is 0. The van der Waals surface area contributed by atoms with Gasteiger partial charge in [-0.25, -0.2) is 0 Å². The standard InChI is InChI=1S/C25H24N4O2S.ClH/c30-25(26-20-15-29-10-8-17(20)9-11-29)22-13-18-6-7-19(14-21(18)32-22)24-27-23(31-28-24)12-16-4-2-1-3-5-16;/h1-7,13-14,17,20H,8-12,15H2,(H,26,30);1H/t20-;/m0./s1. The molecule has 6 nitrogen and oxygen atoms in total. The predicted octanol–water partition coefficient (Wildman–Crippen LogP) is 4.79. The van der Waals surface area contributed by atoms with Crippen molar-refractivity contribution in [2.45, 2.75) is 25.3 Å². The molecule has 2 aromatic carbocycles. The number of carbonyl (C=O) groups excluding carboxylic acids is 1. The van der Waals surface area contributed by atoms with Crippen molar-refractivity contribution in [1.82, 2.24) is 20.4 Å². The number of piperidine rings is 3. The summed E-state index contributed by atoms with van der Waals surface area (Å²) in [5.74, 6) is 1.82. The van der Waals surface area contributed by atoms with Crippen molar-refractivity contribution >= 4 is 39.7 Å². The Hall–Kier alpha value is -2.74. The third kappa shape index (κ3) is 4.53. The van der Waals surface area contributed by atoms with Crippen molar-refractivity contribution in [1.29, 1.82) is 0 Å². The van der Waals surface area contributed by atoms with Gasteiger partial charge < -0.3 is 14.7 Å². The van der Waals surface area contributed by atoms with E-state index in [1.54, 1.807) is 0 Å². The average molecular weight is 481 g/mol. The first kappa shape index (κ1) is 22.1. The molecule has 7 rings (SSSR count). The predicted molar refractivity (Wildman–Crippen MR) is 132 cm³/mol. The van der Waals surface area contributed by atoms with Gasteiger partial charge >= 0.3 is 0 Å². The van der Waals surface area contributed by atoms with Gasteiger partial charge in [-0.05, 0) is 54.9 Å². The van der Waals surface area contributed by atoms with Crippen LogP contribution in [-0.2, 0) is 6.42 Å². The van der Waals surface area contributed by atoms with Crippen LogP contribution in [0, 0.1) is 5.92 Å². The Morgan fingerprint density at radius 3 is 2.70 bits per heavy atom. The summed E-state index contributed by atoms with van der Waals surface area (Å²) in [6.45, 7) is 3.33. The van der Waals surface area contributed by atoms with Gasteiger partial charge in [0, 0.05) is 22.8 Å². The van der Waals surface area contributed by atoms with E-state index in [2.05, 4.69) is 20.4 Å². The molecule has 1 atom stereocenters. The topological polar surface area (TPSA) is 71.3 Å². The third-order valence-electron chi connectivity index (χ3n) is 6.64. The zero-order valence-corrected chi connectivity index (χ0v) is 19.7. The maximum atomic E-state index is 12.9. The number of carbonyl (C=O) groups is 1. The Kier molecular flexibility index (Phi) is 6.19. The van der Waals surface area contributed by atoms with Crippen LogP contribution < -0.4 is 5.32 Å². The van der Waals surface area contributed by atoms with E-state index in [1.165, 1.54) is 37.3 Å². The van der Waals surface area contributed by atoms with Gasteiger partial charge in [0.25, 0.3) is 5.91 Å². The average Bonchev–Trinajstić information content (AvgIpc) is 3.47. The fraction of sp³-hybridized carbons (Fsp3) is 0.320. The van der Waals surface area contributed by atoms with Crippen LogP contribution in [0.25, 0.3) is 21.5 Å². The molecule has 170 valence electrons. The number of aromatic nitrogens is 2. The number of amides is 1. The van der Waals surface area contributed by atoms with Crippen molar-refractivity contribution in [3.8, 4) is 11.4 Å². The SMILES string of the molecule is Cl.O=C(N[C@H]1CN2CCC1CC2)c1cc2ccc(-c3noc(Cc4ccccc4)n3)cc2s1. The maximum absolute atomic E-state index is 12.9. The largest absolute Gasteiger partial charge is 0.347 e. The number of nitrogens with one attached hydrogen (secondary N) is 1. The van der Waals surface area contributed by atoms with E-state index in [1.807, 2.05) is 54.6 Å². The lowest BCUT2D eigenvalue weighted by Gasteiger charge is -2.44. The van der Waals surface area contributed by atoms with Crippen LogP contribution in [0.15, 0.2) is 59.1 Å². The van der Waals surface area contributed by atoms with Crippen molar-refractivity contribution in [2.75, 3.05) is 19.6 Å². The number of nitrogens with zero attached hydrogens (tertiary/aromatic N) is 3. The van der Waals surface area contributed by atoms with Gasteiger partial charge in [0.05, 0.1) is 11.3 Å². The van der Waals surface area contributed by atoms with Gasteiger partial charge in [0.15, 0.2) is 0 Å². The number of halogens is 1. The second kappa shape index (κ2) is 9.25. The van der Waals surface area contributed by atoms with E-state index in [4.69, 9.17) is 4.52 Å². The Bertz CT molecular complexity index is 1260. The Morgan fingerprint density at radius 2 is 1.94 bits per heavy atom. The quantitative estimate of drug-likeness (QED) is 0.444. The normalized spacial score (nSPS) is 21.6. The van der Waals surface area contributed by atoms with Crippen molar-refractivity contribution < 1.29 is 9.32 Å². The van der Waals surface area contributed by atoms with Gasteiger partial charge in [-0.3, -0.25) is 4.79 Å². The third-order valence-corrected chi connectivity index (χ3v) is 7.74. The summed E-state index contributed by atoms with van der Waals surface area (Å²) in [6, 6.07) is 18.4. The molecule has 4 aromatic rings. The second-order valence-corrected chi connectivity index (χ2v) is 9.84. The molecule has 0 radical (unpaired) electrons. The first-order valence-corrected chi connectivity index (χ1v) is 12.0. The number of thiophene rings is 1. The summed E-state index contributed by atoms with van der Waals surface area (Å²) < 4.78 is 6.51. The molecule has 3 fully saturated rings. The first-order chi connectivity index (χ1) is 15.7. The molecular formula is C25H25ClN4O2S. The summed E-state index contributed by atoms with van der Waals surface area (Å²) in [4.78, 5) is 20.7. The molecule has 3 saturated heterocycles. The molecule has 0 spiro atoms. The molecule has 33 heavy (non-hydrogen) atoms. The number of hydrogen-bond acceptors (Lipinski definition) is 6. The summed E-state index contributed by atoms with van der Waals surface area (Å²) in [6.07, 6.45) is 2.99. The molecule has 1 N–H and O–H groups in total. The maximum Gasteiger partial charge on any atom is 0.261 e. The molecule has 8 heteroatoms. The molecule has 3 aliphatic rings. The van der Waals surface area contributed by atoms with Crippen LogP contribution in [0.4, 0.5) is 0 Å². The molecule has 2 bridgehead atoms. The van der Waals surface area contributed by atoms with Gasteiger partial charge in [-0.2, -0.15) is 4.98 Å². The lowest BCUT2D eigenvalue weighted by Crippen LogP contribution is -2.57. The number of rotatable bonds is 5. The molecule has 5 heterocycles. The highest BCUT2D eigenvalue weighted by Gasteiger charge is 2.35. The van der Waals surface area contributed by atoms with E-state index in [0.717, 1.165) is 32.6 Å². The highest BCUT2D eigenvalue weighted by molar-refractivity contribution is 7.20. The minimum Gasteiger partial charge on any atom is -0.347 e. The number of hydrogen-bond donors (Lipinski definition) is 1. The molecule has 1 amide bonds. The Morgan fingerprint density at radius 1 is 1.12 bits per heavy atom. The van der Waals surface area contributed by atoms with Crippen LogP contribution in [0.2, 0.25) is 0 Å². The van der Waals surface area contributed by atoms with Crippen molar-refractivity contribution in [2.24, 2.45) is 5.92 Å². The molecular weight excluding hydrogens is 456 g/mol. The smallest absolute Gasteiger partial charge is 0.261 e. The van der Waals surface area contributed by atoms with Gasteiger partial charge in [-0.15, -0.1) is 23.7 Å². The molecule has 2 aromatic heterocycles. The minimum absolute atomic E-state index is 0. The van der Waals surface area contributed by atoms with Crippen LogP contribution in [-0.4, -0.2) is 46.6 Å². The van der Waals surface area contributed by atoms with Gasteiger partial charge in [-0.1, -0.05) is 47.6 Å². The highest BCUT2D eigenvalue weighted by Crippen LogP contribution is 2.31. The van der Waals surface area contributed by atoms with Crippen LogP contribution in [0.1, 0.15) is 34.0 Å². The fourth-order valence-corrected chi connectivity index (χ4v) is 5.87. The monoisotopic (exact) mass is 480 g/mol. The first-order valence-electron chi connectivity index (χ1n) is 11.1. The Balaban J connectivity index is 0.00000228. The molecule has 0 unspecified atom stereocenters. The van der Waals surface area contributed by atoms with E-state index < -0.39 is 0 Å². The number of fused-ring (bicyclic) bond motifs is 4. The minimum atomic E-state index is 0. The van der Waals surface area contributed by atoms with Crippen LogP contribution in [0.3, 0.4) is 0 Å². The van der Waals surface area contributed by atoms with Crippen LogP contribution in [0.5, 0.6) is 0 Å². The summed E-state index contributed by atoms with van der Waals surface area (Å²) >= 11 is 1.52. The van der Waals surface area contributed by atoms with Gasteiger partial charge in [0.1, 0.15) is 0 Å². The lowest BCUT2D eigenvalue weighted by molar-refractivity contribution is 0.0622. The van der Waals surface area contributed by atoms with E-state index in [9.17, 15) is 4.79 Å². The highest BCUT2D eigenvalue weighted by atomic mass is 35.5. The second-order valence-electron chi connectivity index (χ2n) is 8.76. The zero-order chi connectivity index (χ0) is 21.5. The van der Waals surface area contributed by atoms with E-state index in [-0.39, 0.29) is 24.4 Å². The van der Waals surface area contributed by atoms with Gasteiger partial charge in [0.2, 0.25) is 11.7 Å². The summed E-state index contributed by atoms with van der Waals surface area (Å²) in [5, 5.41) is 8.52. The molecule has 0 saturated carbocycles. The molecule has 0 aliphatic carbocycles. The number of benzene rings is 2. The van der Waals surface area contributed by atoms with E-state index in [0.29, 0.717) is 24.1 Å². The van der Waals surface area contributed by atoms with Crippen molar-refractivity contribution in [3.63, 3.8) is 0 Å².